The minimum Gasteiger partial charge on any atom is -0.872 e. The number of carbonyl (C=O) groups is 2. The summed E-state index contributed by atoms with van der Waals surface area (Å²) in [6, 6.07) is 13.1. The SMILES string of the molecule is CCCOc1ccc(C2/C(=C(\[O-])c3ccc(OCC)cc3)C(=O)C(=O)N2CCC[n+]2cc[nH]c2)cc1. The van der Waals surface area contributed by atoms with Crippen LogP contribution in [0.1, 0.15) is 43.9 Å². The number of likely N-dealkylation sites (tertiary alicyclic amines) is 1. The highest BCUT2D eigenvalue weighted by atomic mass is 16.5. The van der Waals surface area contributed by atoms with Gasteiger partial charge in [-0.3, -0.25) is 14.6 Å². The third kappa shape index (κ3) is 5.43. The molecule has 1 fully saturated rings. The van der Waals surface area contributed by atoms with E-state index in [-0.39, 0.29) is 5.57 Å². The van der Waals surface area contributed by atoms with Crippen LogP contribution in [-0.4, -0.2) is 41.3 Å². The highest BCUT2D eigenvalue weighted by molar-refractivity contribution is 6.46. The van der Waals surface area contributed by atoms with Crippen LogP contribution in [0.25, 0.3) is 5.76 Å². The van der Waals surface area contributed by atoms with Crippen molar-refractivity contribution in [3.63, 3.8) is 0 Å². The van der Waals surface area contributed by atoms with E-state index in [1.807, 2.05) is 61.4 Å². The summed E-state index contributed by atoms with van der Waals surface area (Å²) in [6.45, 7) is 6.01. The molecule has 2 aromatic carbocycles. The lowest BCUT2D eigenvalue weighted by molar-refractivity contribution is -0.695. The quantitative estimate of drug-likeness (QED) is 0.193. The molecule has 8 nitrogen and oxygen atoms in total. The van der Waals surface area contributed by atoms with Gasteiger partial charge in [0.15, 0.2) is 0 Å². The molecule has 4 rings (SSSR count). The van der Waals surface area contributed by atoms with Crippen molar-refractivity contribution < 1.29 is 28.7 Å². The number of nitrogens with zero attached hydrogens (tertiary/aromatic N) is 2. The fourth-order valence-corrected chi connectivity index (χ4v) is 4.32. The van der Waals surface area contributed by atoms with E-state index in [1.165, 1.54) is 4.90 Å². The zero-order valence-electron chi connectivity index (χ0n) is 20.6. The predicted molar refractivity (Wildman–Crippen MR) is 132 cm³/mol. The number of aryl methyl sites for hydroxylation is 1. The molecule has 1 aromatic heterocycles. The van der Waals surface area contributed by atoms with Crippen LogP contribution < -0.4 is 19.1 Å². The van der Waals surface area contributed by atoms with Gasteiger partial charge in [-0.1, -0.05) is 36.9 Å². The predicted octanol–water partition coefficient (Wildman–Crippen LogP) is 2.80. The summed E-state index contributed by atoms with van der Waals surface area (Å²) in [5.41, 5.74) is 1.01. The van der Waals surface area contributed by atoms with E-state index in [1.54, 1.807) is 24.3 Å². The van der Waals surface area contributed by atoms with Crippen molar-refractivity contribution in [2.45, 2.75) is 39.3 Å². The number of hydrogen-bond donors (Lipinski definition) is 1. The van der Waals surface area contributed by atoms with Gasteiger partial charge < -0.3 is 19.5 Å². The van der Waals surface area contributed by atoms with Crippen LogP contribution >= 0.6 is 0 Å². The number of rotatable bonds is 11. The molecule has 1 aliphatic heterocycles. The Labute approximate surface area is 210 Å². The highest BCUT2D eigenvalue weighted by Gasteiger charge is 2.43. The average Bonchev–Trinajstić information content (AvgIpc) is 3.50. The van der Waals surface area contributed by atoms with Gasteiger partial charge in [0.25, 0.3) is 5.91 Å². The second-order valence-corrected chi connectivity index (χ2v) is 8.55. The summed E-state index contributed by atoms with van der Waals surface area (Å²) in [4.78, 5) is 30.8. The molecule has 1 aliphatic rings. The number of imidazole rings is 1. The van der Waals surface area contributed by atoms with Crippen molar-refractivity contribution in [3.05, 3.63) is 84.0 Å². The number of nitrogens with one attached hydrogen (secondary N) is 1. The average molecular weight is 490 g/mol. The van der Waals surface area contributed by atoms with Crippen molar-refractivity contribution >= 4 is 17.4 Å². The first-order valence-corrected chi connectivity index (χ1v) is 12.3. The zero-order chi connectivity index (χ0) is 25.5. The lowest BCUT2D eigenvalue weighted by Crippen LogP contribution is -2.36. The third-order valence-corrected chi connectivity index (χ3v) is 6.04. The molecule has 1 unspecified atom stereocenters. The van der Waals surface area contributed by atoms with E-state index >= 15 is 0 Å². The second kappa shape index (κ2) is 11.6. The van der Waals surface area contributed by atoms with E-state index in [9.17, 15) is 14.7 Å². The van der Waals surface area contributed by atoms with Gasteiger partial charge in [-0.25, -0.2) is 4.57 Å². The van der Waals surface area contributed by atoms with Crippen LogP contribution in [0.2, 0.25) is 0 Å². The third-order valence-electron chi connectivity index (χ3n) is 6.04. The minimum absolute atomic E-state index is 0.0271. The standard InChI is InChI=1S/C28H31N3O5/c1-3-18-36-23-10-6-20(7-11-23)25-24(26(32)21-8-12-22(13-9-21)35-4-2)27(33)28(34)31(25)16-5-15-30-17-14-29-19-30/h6-14,17,19,25H,3-5,15-16,18H2,1-2H3,(H,32,33). The fraction of sp³-hybridized carbons (Fsp3) is 0.321. The fourth-order valence-electron chi connectivity index (χ4n) is 4.32. The highest BCUT2D eigenvalue weighted by Crippen LogP contribution is 2.39. The van der Waals surface area contributed by atoms with E-state index in [2.05, 4.69) is 4.98 Å². The normalized spacial score (nSPS) is 16.9. The summed E-state index contributed by atoms with van der Waals surface area (Å²) in [7, 11) is 0. The number of aromatic nitrogens is 2. The van der Waals surface area contributed by atoms with Gasteiger partial charge in [0.1, 0.15) is 23.9 Å². The Kier molecular flexibility index (Phi) is 8.05. The van der Waals surface area contributed by atoms with Crippen LogP contribution in [0, 0.1) is 0 Å². The van der Waals surface area contributed by atoms with Gasteiger partial charge in [-0.2, -0.15) is 0 Å². The Balaban J connectivity index is 1.68. The molecule has 0 radical (unpaired) electrons. The number of ether oxygens (including phenoxy) is 2. The second-order valence-electron chi connectivity index (χ2n) is 8.55. The van der Waals surface area contributed by atoms with Gasteiger partial charge in [-0.05, 0) is 48.7 Å². The van der Waals surface area contributed by atoms with Gasteiger partial charge >= 0.3 is 0 Å². The number of carbonyl (C=O) groups excluding carboxylic acids is 2. The Morgan fingerprint density at radius 1 is 1.03 bits per heavy atom. The zero-order valence-corrected chi connectivity index (χ0v) is 20.6. The molecule has 1 amide bonds. The number of ketones is 1. The monoisotopic (exact) mass is 489 g/mol. The molecule has 0 bridgehead atoms. The summed E-state index contributed by atoms with van der Waals surface area (Å²) < 4.78 is 13.1. The molecule has 1 N–H and O–H groups in total. The molecule has 3 aromatic rings. The molecular formula is C28H31N3O5. The number of aromatic amines is 1. The van der Waals surface area contributed by atoms with Crippen molar-refractivity contribution in [1.82, 2.24) is 9.88 Å². The topological polar surface area (TPSA) is 98.6 Å². The van der Waals surface area contributed by atoms with Crippen molar-refractivity contribution in [3.8, 4) is 11.5 Å². The summed E-state index contributed by atoms with van der Waals surface area (Å²) in [5, 5.41) is 13.6. The van der Waals surface area contributed by atoms with E-state index in [4.69, 9.17) is 9.47 Å². The molecule has 2 heterocycles. The van der Waals surface area contributed by atoms with Crippen molar-refractivity contribution in [2.24, 2.45) is 0 Å². The largest absolute Gasteiger partial charge is 0.872 e. The number of hydrogen-bond acceptors (Lipinski definition) is 5. The molecule has 36 heavy (non-hydrogen) atoms. The number of H-pyrrole nitrogens is 1. The van der Waals surface area contributed by atoms with E-state index in [0.29, 0.717) is 55.4 Å². The van der Waals surface area contributed by atoms with Gasteiger partial charge in [-0.15, -0.1) is 0 Å². The van der Waals surface area contributed by atoms with E-state index < -0.39 is 23.5 Å². The molecular weight excluding hydrogens is 458 g/mol. The first-order chi connectivity index (χ1) is 17.5. The van der Waals surface area contributed by atoms with Crippen LogP contribution in [-0.2, 0) is 16.1 Å². The molecule has 1 atom stereocenters. The number of benzene rings is 2. The molecule has 0 spiro atoms. The summed E-state index contributed by atoms with van der Waals surface area (Å²) >= 11 is 0. The number of Topliss-reactive ketones (excluding diaryl/α,β-unsaturated/α-hetero) is 1. The Morgan fingerprint density at radius 3 is 2.36 bits per heavy atom. The molecule has 0 aliphatic carbocycles. The first-order valence-electron chi connectivity index (χ1n) is 12.3. The van der Waals surface area contributed by atoms with Crippen LogP contribution in [0.5, 0.6) is 11.5 Å². The molecule has 0 saturated carbocycles. The molecule has 1 saturated heterocycles. The summed E-state index contributed by atoms with van der Waals surface area (Å²) in [5.74, 6) is -0.517. The van der Waals surface area contributed by atoms with Gasteiger partial charge in [0, 0.05) is 18.5 Å². The van der Waals surface area contributed by atoms with Gasteiger partial charge in [0.05, 0.1) is 25.8 Å². The Morgan fingerprint density at radius 2 is 1.72 bits per heavy atom. The smallest absolute Gasteiger partial charge is 0.295 e. The van der Waals surface area contributed by atoms with Crippen molar-refractivity contribution in [1.29, 1.82) is 0 Å². The van der Waals surface area contributed by atoms with E-state index in [0.717, 1.165) is 6.42 Å². The maximum atomic E-state index is 13.6. The van der Waals surface area contributed by atoms with Crippen LogP contribution in [0.4, 0.5) is 0 Å². The van der Waals surface area contributed by atoms with Gasteiger partial charge in [0.2, 0.25) is 12.1 Å². The minimum atomic E-state index is -0.763. The maximum absolute atomic E-state index is 13.6. The number of amides is 1. The van der Waals surface area contributed by atoms with Crippen LogP contribution in [0.3, 0.4) is 0 Å². The van der Waals surface area contributed by atoms with Crippen molar-refractivity contribution in [2.75, 3.05) is 19.8 Å². The Hall–Kier alpha value is -4.07. The molecule has 188 valence electrons. The lowest BCUT2D eigenvalue weighted by atomic mass is 9.95. The first kappa shape index (κ1) is 25.0. The molecule has 8 heteroatoms. The maximum Gasteiger partial charge on any atom is 0.295 e. The van der Waals surface area contributed by atoms with Crippen LogP contribution in [0.15, 0.2) is 72.8 Å². The summed E-state index contributed by atoms with van der Waals surface area (Å²) in [6.07, 6.45) is 7.05. The lowest BCUT2D eigenvalue weighted by Gasteiger charge is -2.27. The Bertz CT molecular complexity index is 1200.